The van der Waals surface area contributed by atoms with Crippen LogP contribution in [0.25, 0.3) is 10.1 Å². The van der Waals surface area contributed by atoms with Crippen molar-refractivity contribution in [3.8, 4) is 5.75 Å². The molecule has 15 heavy (non-hydrogen) atoms. The molecule has 1 aromatic carbocycles. The molecule has 1 nitrogen and oxygen atoms in total. The van der Waals surface area contributed by atoms with Crippen LogP contribution in [0.15, 0.2) is 23.6 Å². The van der Waals surface area contributed by atoms with Gasteiger partial charge in [0.25, 0.3) is 0 Å². The Hall–Kier alpha value is -1.23. The second kappa shape index (κ2) is 3.41. The summed E-state index contributed by atoms with van der Waals surface area (Å²) in [4.78, 5) is 0. The lowest BCUT2D eigenvalue weighted by molar-refractivity contribution is -0.274. The van der Waals surface area contributed by atoms with Crippen LogP contribution in [0.3, 0.4) is 0 Å². The first-order valence-corrected chi connectivity index (χ1v) is 4.93. The molecular weight excluding hydrogens is 225 g/mol. The zero-order valence-electron chi connectivity index (χ0n) is 7.47. The first-order valence-electron chi connectivity index (χ1n) is 4.05. The van der Waals surface area contributed by atoms with E-state index in [1.54, 1.807) is 11.4 Å². The molecule has 1 heterocycles. The van der Waals surface area contributed by atoms with Gasteiger partial charge in [-0.1, -0.05) is 6.07 Å². The van der Waals surface area contributed by atoms with Gasteiger partial charge in [0, 0.05) is 10.1 Å². The van der Waals surface area contributed by atoms with Crippen molar-refractivity contribution in [3.05, 3.63) is 36.1 Å². The van der Waals surface area contributed by atoms with Crippen LogP contribution in [0.5, 0.6) is 5.75 Å². The fourth-order valence-corrected chi connectivity index (χ4v) is 2.22. The van der Waals surface area contributed by atoms with Gasteiger partial charge >= 0.3 is 6.36 Å². The number of fused-ring (bicyclic) bond motifs is 1. The van der Waals surface area contributed by atoms with Crippen LogP contribution in [0.2, 0.25) is 0 Å². The first kappa shape index (κ1) is 10.3. The summed E-state index contributed by atoms with van der Waals surface area (Å²) in [5.74, 6) is -0.189. The molecule has 2 aromatic rings. The standard InChI is InChI=1S/C10H6F3OS/c1-6-5-15-8-4-2-3-7(9(6)8)14-10(11,12)13/h2-5H,1H2. The summed E-state index contributed by atoms with van der Waals surface area (Å²) in [7, 11) is 0. The molecule has 0 saturated carbocycles. The van der Waals surface area contributed by atoms with Gasteiger partial charge in [-0.2, -0.15) is 0 Å². The van der Waals surface area contributed by atoms with E-state index in [0.29, 0.717) is 10.9 Å². The van der Waals surface area contributed by atoms with E-state index >= 15 is 0 Å². The third-order valence-corrected chi connectivity index (χ3v) is 2.86. The first-order chi connectivity index (χ1) is 6.97. The van der Waals surface area contributed by atoms with Gasteiger partial charge < -0.3 is 4.74 Å². The predicted molar refractivity (Wildman–Crippen MR) is 53.0 cm³/mol. The summed E-state index contributed by atoms with van der Waals surface area (Å²) in [6, 6.07) is 4.55. The van der Waals surface area contributed by atoms with Crippen molar-refractivity contribution in [2.75, 3.05) is 0 Å². The molecule has 0 atom stereocenters. The van der Waals surface area contributed by atoms with Gasteiger partial charge in [0.05, 0.1) is 0 Å². The Labute approximate surface area is 88.1 Å². The molecule has 0 bridgehead atoms. The lowest BCUT2D eigenvalue weighted by Gasteiger charge is -2.10. The van der Waals surface area contributed by atoms with E-state index in [2.05, 4.69) is 11.7 Å². The van der Waals surface area contributed by atoms with Crippen molar-refractivity contribution in [1.29, 1.82) is 0 Å². The van der Waals surface area contributed by atoms with E-state index in [1.165, 1.54) is 23.5 Å². The van der Waals surface area contributed by atoms with Gasteiger partial charge in [-0.15, -0.1) is 24.5 Å². The fourth-order valence-electron chi connectivity index (χ4n) is 1.33. The number of alkyl halides is 3. The van der Waals surface area contributed by atoms with Crippen LogP contribution >= 0.6 is 11.3 Å². The van der Waals surface area contributed by atoms with Gasteiger partial charge in [-0.05, 0) is 30.0 Å². The normalized spacial score (nSPS) is 12.0. The molecule has 0 aliphatic carbocycles. The zero-order valence-corrected chi connectivity index (χ0v) is 8.28. The predicted octanol–water partition coefficient (Wildman–Crippen LogP) is 3.98. The Kier molecular flexibility index (Phi) is 2.34. The van der Waals surface area contributed by atoms with Gasteiger partial charge in [-0.25, -0.2) is 0 Å². The second-order valence-electron chi connectivity index (χ2n) is 2.94. The number of halogens is 3. The van der Waals surface area contributed by atoms with E-state index in [4.69, 9.17) is 0 Å². The van der Waals surface area contributed by atoms with Gasteiger partial charge in [-0.3, -0.25) is 0 Å². The number of hydrogen-bond donors (Lipinski definition) is 0. The molecular formula is C10H6F3OS. The Balaban J connectivity index is 2.55. The van der Waals surface area contributed by atoms with Crippen molar-refractivity contribution in [2.24, 2.45) is 0 Å². The molecule has 0 aliphatic heterocycles. The minimum atomic E-state index is -4.66. The molecule has 0 amide bonds. The van der Waals surface area contributed by atoms with E-state index in [1.807, 2.05) is 0 Å². The number of thiophene rings is 1. The maximum absolute atomic E-state index is 12.1. The van der Waals surface area contributed by atoms with Crippen LogP contribution in [0.4, 0.5) is 13.2 Å². The van der Waals surface area contributed by atoms with Crippen LogP contribution < -0.4 is 4.74 Å². The Morgan fingerprint density at radius 1 is 1.27 bits per heavy atom. The summed E-state index contributed by atoms with van der Waals surface area (Å²) < 4.78 is 40.9. The SMILES string of the molecule is [CH2]c1csc2cccc(OC(F)(F)F)c12. The second-order valence-corrected chi connectivity index (χ2v) is 3.85. The summed E-state index contributed by atoms with van der Waals surface area (Å²) >= 11 is 1.34. The number of rotatable bonds is 1. The summed E-state index contributed by atoms with van der Waals surface area (Å²) in [5, 5.41) is 2.13. The number of benzene rings is 1. The third kappa shape index (κ3) is 2.07. The molecule has 79 valence electrons. The Morgan fingerprint density at radius 2 is 2.00 bits per heavy atom. The lowest BCUT2D eigenvalue weighted by Crippen LogP contribution is -2.17. The summed E-state index contributed by atoms with van der Waals surface area (Å²) in [6.07, 6.45) is -4.66. The highest BCUT2D eigenvalue weighted by atomic mass is 32.1. The third-order valence-electron chi connectivity index (χ3n) is 1.86. The monoisotopic (exact) mass is 231 g/mol. The molecule has 0 unspecified atom stereocenters. The highest BCUT2D eigenvalue weighted by molar-refractivity contribution is 7.17. The Bertz CT molecular complexity index is 487. The van der Waals surface area contributed by atoms with Crippen molar-refractivity contribution >= 4 is 21.4 Å². The van der Waals surface area contributed by atoms with Crippen molar-refractivity contribution in [3.63, 3.8) is 0 Å². The van der Waals surface area contributed by atoms with Crippen LogP contribution in [-0.2, 0) is 0 Å². The van der Waals surface area contributed by atoms with E-state index in [9.17, 15) is 13.2 Å². The minimum absolute atomic E-state index is 0.189. The van der Waals surface area contributed by atoms with E-state index < -0.39 is 6.36 Å². The van der Waals surface area contributed by atoms with Gasteiger partial charge in [0.1, 0.15) is 5.75 Å². The molecule has 5 heteroatoms. The molecule has 1 radical (unpaired) electrons. The number of ether oxygens (including phenoxy) is 1. The smallest absolute Gasteiger partial charge is 0.405 e. The van der Waals surface area contributed by atoms with E-state index in [0.717, 1.165) is 4.70 Å². The van der Waals surface area contributed by atoms with Crippen molar-refractivity contribution in [2.45, 2.75) is 6.36 Å². The summed E-state index contributed by atoms with van der Waals surface area (Å²) in [5.41, 5.74) is 0.551. The topological polar surface area (TPSA) is 9.23 Å². The van der Waals surface area contributed by atoms with Crippen molar-refractivity contribution < 1.29 is 17.9 Å². The minimum Gasteiger partial charge on any atom is -0.405 e. The lowest BCUT2D eigenvalue weighted by atomic mass is 10.2. The maximum Gasteiger partial charge on any atom is 0.573 e. The van der Waals surface area contributed by atoms with Gasteiger partial charge in [0.15, 0.2) is 0 Å². The highest BCUT2D eigenvalue weighted by Crippen LogP contribution is 2.35. The van der Waals surface area contributed by atoms with Crippen LogP contribution in [0.1, 0.15) is 5.56 Å². The Morgan fingerprint density at radius 3 is 2.67 bits per heavy atom. The average molecular weight is 231 g/mol. The molecule has 0 fully saturated rings. The zero-order chi connectivity index (χ0) is 11.1. The summed E-state index contributed by atoms with van der Waals surface area (Å²) in [6.45, 7) is 3.66. The molecule has 1 aromatic heterocycles. The largest absolute Gasteiger partial charge is 0.573 e. The molecule has 0 aliphatic rings. The molecule has 0 saturated heterocycles. The average Bonchev–Trinajstić information content (AvgIpc) is 2.46. The van der Waals surface area contributed by atoms with Crippen LogP contribution in [-0.4, -0.2) is 6.36 Å². The molecule has 2 rings (SSSR count). The fraction of sp³-hybridized carbons (Fsp3) is 0.100. The maximum atomic E-state index is 12.1. The number of hydrogen-bond acceptors (Lipinski definition) is 2. The van der Waals surface area contributed by atoms with E-state index in [-0.39, 0.29) is 5.75 Å². The molecule has 0 N–H and O–H groups in total. The highest BCUT2D eigenvalue weighted by Gasteiger charge is 2.32. The molecule has 0 spiro atoms. The van der Waals surface area contributed by atoms with Crippen LogP contribution in [0, 0.1) is 6.92 Å². The van der Waals surface area contributed by atoms with Crippen molar-refractivity contribution in [1.82, 2.24) is 0 Å². The quantitative estimate of drug-likeness (QED) is 0.721. The van der Waals surface area contributed by atoms with Gasteiger partial charge in [0.2, 0.25) is 0 Å².